The molecule has 1 fully saturated rings. The summed E-state index contributed by atoms with van der Waals surface area (Å²) in [6.07, 6.45) is 11.1. The van der Waals surface area contributed by atoms with Crippen LogP contribution in [0.1, 0.15) is 84.8 Å². The average Bonchev–Trinajstić information content (AvgIpc) is 3.51. The molecular weight excluding hydrogens is 699 g/mol. The number of unbranched alkanes of at least 4 members (excludes halogenated alkanes) is 7. The van der Waals surface area contributed by atoms with Crippen molar-refractivity contribution in [2.75, 3.05) is 42.2 Å². The first kappa shape index (κ1) is 39.9. The Kier molecular flexibility index (Phi) is 15.8. The molecule has 1 unspecified atom stereocenters. The number of amides is 2. The molecule has 4 aromatic rings. The number of imide groups is 1. The van der Waals surface area contributed by atoms with Crippen molar-refractivity contribution in [1.29, 1.82) is 0 Å². The smallest absolute Gasteiger partial charge is 0.335 e. The second kappa shape index (κ2) is 21.4. The van der Waals surface area contributed by atoms with Gasteiger partial charge in [-0.05, 0) is 96.5 Å². The number of benzene rings is 3. The van der Waals surface area contributed by atoms with Crippen molar-refractivity contribution < 1.29 is 24.2 Å². The highest BCUT2D eigenvalue weighted by molar-refractivity contribution is 8.15. The van der Waals surface area contributed by atoms with E-state index < -0.39 is 5.97 Å². The minimum absolute atomic E-state index is 0.222. The Balaban J connectivity index is 0.834. The summed E-state index contributed by atoms with van der Waals surface area (Å²) < 4.78 is 5.87. The molecule has 2 heterocycles. The first-order valence-electron chi connectivity index (χ1n) is 18.9. The molecule has 0 radical (unpaired) electrons. The molecule has 1 aliphatic rings. The molecule has 284 valence electrons. The van der Waals surface area contributed by atoms with Gasteiger partial charge in [-0.3, -0.25) is 14.9 Å². The van der Waals surface area contributed by atoms with Crippen LogP contribution in [0, 0.1) is 0 Å². The van der Waals surface area contributed by atoms with Gasteiger partial charge in [0.1, 0.15) is 17.4 Å². The van der Waals surface area contributed by atoms with E-state index in [2.05, 4.69) is 57.1 Å². The van der Waals surface area contributed by atoms with Gasteiger partial charge in [-0.25, -0.2) is 9.78 Å². The number of carbonyl (C=O) groups is 3. The molecule has 1 atom stereocenters. The van der Waals surface area contributed by atoms with Gasteiger partial charge in [0.2, 0.25) is 5.91 Å². The Morgan fingerprint density at radius 2 is 1.24 bits per heavy atom. The van der Waals surface area contributed by atoms with Crippen molar-refractivity contribution >= 4 is 51.8 Å². The van der Waals surface area contributed by atoms with Crippen molar-refractivity contribution in [3.05, 3.63) is 120 Å². The maximum atomic E-state index is 11.8. The fourth-order valence-electron chi connectivity index (χ4n) is 6.10. The van der Waals surface area contributed by atoms with Crippen molar-refractivity contribution in [3.8, 4) is 5.75 Å². The van der Waals surface area contributed by atoms with E-state index >= 15 is 0 Å². The standard InChI is InChI=1S/C43H51N5O5S/c1-31(33-16-18-35(19-17-33)42(50)51)34-20-22-36(23-21-34)44-26-8-6-4-2-3-5-7-9-27-45-39-12-10-13-40(47-39)46-28-11-29-53-37-24-14-32(15-25-37)30-38-41(49)48-43(52)54-38/h10,12-25,38,44H,1-9,11,26-30H2,(H,50,51)(H2,45,46,47)(H,48,49,52). The number of hydrogen-bond acceptors (Lipinski definition) is 9. The minimum Gasteiger partial charge on any atom is -0.494 e. The molecule has 1 saturated heterocycles. The highest BCUT2D eigenvalue weighted by Crippen LogP contribution is 2.25. The SMILES string of the molecule is C=C(c1ccc(NCCCCCCCCCCNc2cccc(NCCCOc3ccc(CC4SC(=O)NC4=O)cc3)n2)cc1)c1ccc(C(=O)O)cc1. The number of carbonyl (C=O) groups excluding carboxylic acids is 2. The van der Waals surface area contributed by atoms with Crippen LogP contribution >= 0.6 is 11.8 Å². The Morgan fingerprint density at radius 3 is 1.81 bits per heavy atom. The van der Waals surface area contributed by atoms with Gasteiger partial charge in [-0.1, -0.05) is 99.3 Å². The van der Waals surface area contributed by atoms with Gasteiger partial charge in [-0.15, -0.1) is 0 Å². The summed E-state index contributed by atoms with van der Waals surface area (Å²) in [5.74, 6) is 1.35. The third-order valence-electron chi connectivity index (χ3n) is 9.21. The summed E-state index contributed by atoms with van der Waals surface area (Å²) in [4.78, 5) is 38.9. The monoisotopic (exact) mass is 749 g/mol. The Labute approximate surface area is 322 Å². The molecular formula is C43H51N5O5S. The molecule has 0 spiro atoms. The fraction of sp³-hybridized carbons (Fsp3) is 0.349. The van der Waals surface area contributed by atoms with E-state index in [-0.39, 0.29) is 22.0 Å². The van der Waals surface area contributed by atoms with E-state index in [9.17, 15) is 14.4 Å². The number of thioether (sulfide) groups is 1. The molecule has 11 heteroatoms. The first-order valence-corrected chi connectivity index (χ1v) is 19.8. The summed E-state index contributed by atoms with van der Waals surface area (Å²) in [6.45, 7) is 7.37. The Bertz CT molecular complexity index is 1820. The van der Waals surface area contributed by atoms with Crippen molar-refractivity contribution in [2.45, 2.75) is 69.5 Å². The summed E-state index contributed by atoms with van der Waals surface area (Å²) in [5.41, 5.74) is 5.16. The van der Waals surface area contributed by atoms with Crippen LogP contribution in [0.25, 0.3) is 5.57 Å². The maximum Gasteiger partial charge on any atom is 0.335 e. The molecule has 1 aliphatic heterocycles. The molecule has 10 nitrogen and oxygen atoms in total. The van der Waals surface area contributed by atoms with Crippen LogP contribution < -0.4 is 26.0 Å². The van der Waals surface area contributed by atoms with Gasteiger partial charge >= 0.3 is 5.97 Å². The van der Waals surface area contributed by atoms with E-state index in [0.717, 1.165) is 96.0 Å². The zero-order valence-corrected chi connectivity index (χ0v) is 31.6. The zero-order valence-electron chi connectivity index (χ0n) is 30.8. The first-order chi connectivity index (χ1) is 26.3. The van der Waals surface area contributed by atoms with Gasteiger partial charge in [0.25, 0.3) is 5.24 Å². The number of rotatable bonds is 24. The van der Waals surface area contributed by atoms with E-state index in [1.165, 1.54) is 38.5 Å². The lowest BCUT2D eigenvalue weighted by Gasteiger charge is -2.11. The van der Waals surface area contributed by atoms with E-state index in [1.54, 1.807) is 24.3 Å². The zero-order chi connectivity index (χ0) is 38.0. The molecule has 0 saturated carbocycles. The number of hydrogen-bond donors (Lipinski definition) is 5. The summed E-state index contributed by atoms with van der Waals surface area (Å²) >= 11 is 1.04. The summed E-state index contributed by atoms with van der Waals surface area (Å²) in [7, 11) is 0. The predicted molar refractivity (Wildman–Crippen MR) is 220 cm³/mol. The van der Waals surface area contributed by atoms with Crippen LogP contribution in [-0.2, 0) is 11.2 Å². The van der Waals surface area contributed by atoms with Gasteiger partial charge in [0.15, 0.2) is 0 Å². The van der Waals surface area contributed by atoms with Crippen molar-refractivity contribution in [1.82, 2.24) is 10.3 Å². The third kappa shape index (κ3) is 13.3. The predicted octanol–water partition coefficient (Wildman–Crippen LogP) is 9.26. The molecule has 0 aliphatic carbocycles. The topological polar surface area (TPSA) is 142 Å². The van der Waals surface area contributed by atoms with Crippen LogP contribution in [0.2, 0.25) is 0 Å². The highest BCUT2D eigenvalue weighted by atomic mass is 32.2. The Hall–Kier alpha value is -5.29. The number of aromatic nitrogens is 1. The van der Waals surface area contributed by atoms with Crippen molar-refractivity contribution in [3.63, 3.8) is 0 Å². The number of aromatic carboxylic acids is 1. The van der Waals surface area contributed by atoms with E-state index in [4.69, 9.17) is 9.84 Å². The average molecular weight is 750 g/mol. The van der Waals surface area contributed by atoms with Gasteiger partial charge in [-0.2, -0.15) is 0 Å². The third-order valence-corrected chi connectivity index (χ3v) is 10.2. The highest BCUT2D eigenvalue weighted by Gasteiger charge is 2.31. The Morgan fingerprint density at radius 1 is 0.704 bits per heavy atom. The number of nitrogens with zero attached hydrogens (tertiary/aromatic N) is 1. The lowest BCUT2D eigenvalue weighted by atomic mass is 9.98. The normalized spacial score (nSPS) is 13.7. The lowest BCUT2D eigenvalue weighted by molar-refractivity contribution is -0.118. The second-order valence-corrected chi connectivity index (χ2v) is 14.6. The number of ether oxygens (including phenoxy) is 1. The summed E-state index contributed by atoms with van der Waals surface area (Å²) in [5, 5.41) is 21.1. The maximum absolute atomic E-state index is 11.8. The van der Waals surface area contributed by atoms with Gasteiger partial charge in [0, 0.05) is 25.3 Å². The number of anilines is 3. The summed E-state index contributed by atoms with van der Waals surface area (Å²) in [6, 6.07) is 28.7. The number of nitrogens with one attached hydrogen (secondary N) is 4. The molecule has 54 heavy (non-hydrogen) atoms. The van der Waals surface area contributed by atoms with E-state index in [0.29, 0.717) is 13.0 Å². The van der Waals surface area contributed by atoms with E-state index in [1.807, 2.05) is 42.5 Å². The molecule has 2 amide bonds. The molecule has 5 rings (SSSR count). The van der Waals surface area contributed by atoms with Crippen LogP contribution in [0.15, 0.2) is 97.6 Å². The van der Waals surface area contributed by atoms with Crippen molar-refractivity contribution in [2.24, 2.45) is 0 Å². The molecule has 1 aromatic heterocycles. The number of carboxylic acids is 1. The molecule has 0 bridgehead atoms. The molecule has 3 aromatic carbocycles. The fourth-order valence-corrected chi connectivity index (χ4v) is 6.96. The van der Waals surface area contributed by atoms with Crippen LogP contribution in [0.5, 0.6) is 5.75 Å². The second-order valence-electron chi connectivity index (χ2n) is 13.4. The van der Waals surface area contributed by atoms with Crippen LogP contribution in [0.4, 0.5) is 22.1 Å². The van der Waals surface area contributed by atoms with Gasteiger partial charge in [0.05, 0.1) is 17.4 Å². The number of carboxylic acid groups (broad SMARTS) is 1. The lowest BCUT2D eigenvalue weighted by Crippen LogP contribution is -2.25. The van der Waals surface area contributed by atoms with Crippen LogP contribution in [0.3, 0.4) is 0 Å². The van der Waals surface area contributed by atoms with Crippen LogP contribution in [-0.4, -0.2) is 58.7 Å². The number of pyridine rings is 1. The minimum atomic E-state index is -0.929. The largest absolute Gasteiger partial charge is 0.494 e. The van der Waals surface area contributed by atoms with Gasteiger partial charge < -0.3 is 25.8 Å². The quantitative estimate of drug-likeness (QED) is 0.0440. The molecule has 5 N–H and O–H groups in total.